The largest absolute Gasteiger partial charge is 0.438 e. The second-order valence-corrected chi connectivity index (χ2v) is 7.07. The Morgan fingerprint density at radius 3 is 3.12 bits per heavy atom. The number of imidazole rings is 1. The van der Waals surface area contributed by atoms with Gasteiger partial charge in [0.05, 0.1) is 29.3 Å². The predicted octanol–water partition coefficient (Wildman–Crippen LogP) is 3.10. The number of hydrogen-bond acceptors (Lipinski definition) is 6. The van der Waals surface area contributed by atoms with Crippen molar-refractivity contribution < 1.29 is 10.6 Å². The third kappa shape index (κ3) is 2.26. The van der Waals surface area contributed by atoms with E-state index in [-0.39, 0.29) is 11.7 Å². The number of para-hydroxylation sites is 1. The van der Waals surface area contributed by atoms with Crippen LogP contribution in [0.2, 0.25) is 0 Å². The van der Waals surface area contributed by atoms with E-state index in [1.54, 1.807) is 13.3 Å². The summed E-state index contributed by atoms with van der Waals surface area (Å²) in [5.74, 6) is -0.236. The number of fused-ring (bicyclic) bond motifs is 2. The molecular formula is C18H15N5O2S. The van der Waals surface area contributed by atoms with Crippen LogP contribution in [0, 0.1) is 6.92 Å². The molecule has 0 spiro atoms. The van der Waals surface area contributed by atoms with Crippen LogP contribution in [0.4, 0.5) is 0 Å². The highest BCUT2D eigenvalue weighted by Gasteiger charge is 2.38. The second kappa shape index (κ2) is 5.77. The lowest BCUT2D eigenvalue weighted by Gasteiger charge is -2.33. The lowest BCUT2D eigenvalue weighted by molar-refractivity contribution is 0.0657. The first kappa shape index (κ1) is 14.2. The van der Waals surface area contributed by atoms with Crippen LogP contribution in [0.25, 0.3) is 10.2 Å². The van der Waals surface area contributed by atoms with Gasteiger partial charge in [0.15, 0.2) is 6.39 Å². The number of amides is 1. The SMILES string of the molecule is [2H][C@@]1(c2nc3ccccc3s2)c2nc[nH]c2CCN1C(=O)c1ocnc1C. The maximum atomic E-state index is 13.2. The molecule has 0 fully saturated rings. The number of aromatic amines is 1. The fourth-order valence-corrected chi connectivity index (χ4v) is 4.22. The summed E-state index contributed by atoms with van der Waals surface area (Å²) in [4.78, 5) is 30.8. The smallest absolute Gasteiger partial charge is 0.292 e. The first-order chi connectivity index (χ1) is 13.1. The van der Waals surface area contributed by atoms with Crippen molar-refractivity contribution in [3.05, 3.63) is 64.8 Å². The number of hydrogen-bond donors (Lipinski definition) is 1. The van der Waals surface area contributed by atoms with Crippen LogP contribution in [0.5, 0.6) is 0 Å². The molecule has 8 heteroatoms. The molecule has 1 atom stereocenters. The molecule has 4 heterocycles. The average Bonchev–Trinajstić information content (AvgIpc) is 3.40. The summed E-state index contributed by atoms with van der Waals surface area (Å²) < 4.78 is 15.6. The summed E-state index contributed by atoms with van der Waals surface area (Å²) in [5.41, 5.74) is 2.65. The maximum absolute atomic E-state index is 13.2. The Morgan fingerprint density at radius 1 is 1.42 bits per heavy atom. The highest BCUT2D eigenvalue weighted by atomic mass is 32.1. The fraction of sp³-hybridized carbons (Fsp3) is 0.222. The number of benzene rings is 1. The van der Waals surface area contributed by atoms with E-state index in [1.807, 2.05) is 24.3 Å². The number of rotatable bonds is 2. The topological polar surface area (TPSA) is 87.9 Å². The van der Waals surface area contributed by atoms with Gasteiger partial charge in [-0.05, 0) is 19.1 Å². The molecule has 26 heavy (non-hydrogen) atoms. The van der Waals surface area contributed by atoms with Crippen LogP contribution in [0.1, 0.15) is 40.0 Å². The van der Waals surface area contributed by atoms with Gasteiger partial charge >= 0.3 is 0 Å². The summed E-state index contributed by atoms with van der Waals surface area (Å²) in [6.07, 6.45) is 3.39. The minimum absolute atomic E-state index is 0.145. The highest BCUT2D eigenvalue weighted by Crippen LogP contribution is 2.38. The van der Waals surface area contributed by atoms with Crippen molar-refractivity contribution in [2.24, 2.45) is 0 Å². The Bertz CT molecular complexity index is 1130. The Kier molecular flexibility index (Phi) is 3.15. The summed E-state index contributed by atoms with van der Waals surface area (Å²) in [5, 5.41) is 0.502. The molecule has 0 saturated heterocycles. The number of carbonyl (C=O) groups excluding carboxylic acids is 1. The van der Waals surface area contributed by atoms with Gasteiger partial charge in [0.1, 0.15) is 11.0 Å². The van der Waals surface area contributed by atoms with Crippen molar-refractivity contribution >= 4 is 27.5 Å². The zero-order valence-corrected chi connectivity index (χ0v) is 14.7. The quantitative estimate of drug-likeness (QED) is 0.589. The van der Waals surface area contributed by atoms with E-state index >= 15 is 0 Å². The third-order valence-electron chi connectivity index (χ3n) is 4.48. The van der Waals surface area contributed by atoms with E-state index in [2.05, 4.69) is 19.9 Å². The molecule has 0 bridgehead atoms. The number of nitrogens with zero attached hydrogens (tertiary/aromatic N) is 4. The van der Waals surface area contributed by atoms with Crippen molar-refractivity contribution in [2.75, 3.05) is 6.54 Å². The number of H-pyrrole nitrogens is 1. The molecule has 0 aliphatic carbocycles. The Hall–Kier alpha value is -3.00. The van der Waals surface area contributed by atoms with E-state index in [9.17, 15) is 6.17 Å². The fourth-order valence-electron chi connectivity index (χ4n) is 3.20. The highest BCUT2D eigenvalue weighted by molar-refractivity contribution is 7.18. The van der Waals surface area contributed by atoms with Crippen molar-refractivity contribution in [2.45, 2.75) is 19.4 Å². The van der Waals surface area contributed by atoms with Gasteiger partial charge in [-0.2, -0.15) is 0 Å². The van der Waals surface area contributed by atoms with Crippen LogP contribution < -0.4 is 0 Å². The number of aromatic nitrogens is 4. The molecule has 0 saturated carbocycles. The van der Waals surface area contributed by atoms with Crippen molar-refractivity contribution in [1.82, 2.24) is 24.8 Å². The monoisotopic (exact) mass is 366 g/mol. The summed E-state index contributed by atoms with van der Waals surface area (Å²) >= 11 is 1.40. The maximum Gasteiger partial charge on any atom is 0.292 e. The zero-order chi connectivity index (χ0) is 18.6. The summed E-state index contributed by atoms with van der Waals surface area (Å²) in [6.45, 7) is 2.07. The zero-order valence-electron chi connectivity index (χ0n) is 14.9. The van der Waals surface area contributed by atoms with E-state index < -0.39 is 6.02 Å². The van der Waals surface area contributed by atoms with Gasteiger partial charge in [0.2, 0.25) is 5.76 Å². The van der Waals surface area contributed by atoms with Crippen LogP contribution in [-0.4, -0.2) is 37.3 Å². The molecule has 3 aromatic heterocycles. The first-order valence-corrected chi connectivity index (χ1v) is 9.01. The molecule has 4 aromatic rings. The van der Waals surface area contributed by atoms with Gasteiger partial charge in [-0.25, -0.2) is 15.0 Å². The molecule has 0 radical (unpaired) electrons. The molecular weight excluding hydrogens is 350 g/mol. The van der Waals surface area contributed by atoms with Crippen molar-refractivity contribution in [3.8, 4) is 0 Å². The third-order valence-corrected chi connectivity index (χ3v) is 5.52. The molecule has 0 unspecified atom stereocenters. The lowest BCUT2D eigenvalue weighted by atomic mass is 10.0. The van der Waals surface area contributed by atoms with Crippen LogP contribution in [-0.2, 0) is 6.42 Å². The molecule has 5 rings (SSSR count). The Balaban J connectivity index is 1.71. The number of carbonyl (C=O) groups is 1. The Labute approximate surface area is 154 Å². The average molecular weight is 366 g/mol. The summed E-state index contributed by atoms with van der Waals surface area (Å²) in [6, 6.07) is 6.17. The van der Waals surface area contributed by atoms with Gasteiger partial charge in [0.25, 0.3) is 5.91 Å². The van der Waals surface area contributed by atoms with E-state index in [0.29, 0.717) is 29.4 Å². The molecule has 1 aliphatic rings. The minimum atomic E-state index is -1.53. The van der Waals surface area contributed by atoms with E-state index in [4.69, 9.17) is 4.42 Å². The number of aryl methyl sites for hydroxylation is 1. The van der Waals surface area contributed by atoms with Gasteiger partial charge in [0, 0.05) is 18.7 Å². The van der Waals surface area contributed by atoms with Crippen molar-refractivity contribution in [3.63, 3.8) is 0 Å². The molecule has 1 amide bonds. The van der Waals surface area contributed by atoms with Crippen LogP contribution >= 0.6 is 11.3 Å². The summed E-state index contributed by atoms with van der Waals surface area (Å²) in [7, 11) is 0. The van der Waals surface area contributed by atoms with E-state index in [0.717, 1.165) is 15.9 Å². The predicted molar refractivity (Wildman–Crippen MR) is 96.0 cm³/mol. The van der Waals surface area contributed by atoms with Gasteiger partial charge < -0.3 is 14.3 Å². The van der Waals surface area contributed by atoms with Gasteiger partial charge in [-0.15, -0.1) is 11.3 Å². The normalized spacial score (nSPS) is 20.2. The van der Waals surface area contributed by atoms with Crippen LogP contribution in [0.15, 0.2) is 41.4 Å². The second-order valence-electron chi connectivity index (χ2n) is 6.04. The molecule has 130 valence electrons. The number of oxazole rings is 1. The first-order valence-electron chi connectivity index (χ1n) is 8.70. The molecule has 1 aliphatic heterocycles. The number of thiazole rings is 1. The van der Waals surface area contributed by atoms with E-state index in [1.165, 1.54) is 22.6 Å². The molecule has 7 nitrogen and oxygen atoms in total. The van der Waals surface area contributed by atoms with Crippen molar-refractivity contribution in [1.29, 1.82) is 0 Å². The molecule has 1 N–H and O–H groups in total. The molecule has 1 aromatic carbocycles. The standard InChI is InChI=1S/C18H15N5O2S/c1-10-16(25-9-21-10)18(24)23-7-6-12-14(20-8-19-12)15(23)17-22-11-4-2-3-5-13(11)26-17/h2-5,8-9,15H,6-7H2,1H3,(H,19,20)/t15-/m0/s1/i15D. The minimum Gasteiger partial charge on any atom is -0.438 e. The van der Waals surface area contributed by atoms with Crippen LogP contribution in [0.3, 0.4) is 0 Å². The van der Waals surface area contributed by atoms with Gasteiger partial charge in [-0.1, -0.05) is 12.1 Å². The number of nitrogens with one attached hydrogen (secondary N) is 1. The Morgan fingerprint density at radius 2 is 2.31 bits per heavy atom. The lowest BCUT2D eigenvalue weighted by Crippen LogP contribution is -2.40. The van der Waals surface area contributed by atoms with Gasteiger partial charge in [-0.3, -0.25) is 4.79 Å².